The summed E-state index contributed by atoms with van der Waals surface area (Å²) in [7, 11) is 0. The van der Waals surface area contributed by atoms with Crippen LogP contribution in [0.25, 0.3) is 0 Å². The lowest BCUT2D eigenvalue weighted by Gasteiger charge is -2.28. The highest BCUT2D eigenvalue weighted by molar-refractivity contribution is 6.25. The lowest BCUT2D eigenvalue weighted by Crippen LogP contribution is -2.23. The summed E-state index contributed by atoms with van der Waals surface area (Å²) in [6, 6.07) is 9.53. The number of ketones is 1. The number of allylic oxidation sites excluding steroid dienone is 4. The molecular weight excluding hydrogens is 268 g/mol. The van der Waals surface area contributed by atoms with E-state index in [1.807, 2.05) is 49.4 Å². The van der Waals surface area contributed by atoms with Crippen molar-refractivity contribution in [2.24, 2.45) is 5.92 Å². The van der Waals surface area contributed by atoms with E-state index in [9.17, 15) is 4.79 Å². The molecule has 106 valence electrons. The molecule has 2 heteroatoms. The van der Waals surface area contributed by atoms with Crippen LogP contribution < -0.4 is 0 Å². The molecule has 0 radical (unpaired) electrons. The van der Waals surface area contributed by atoms with Crippen molar-refractivity contribution in [3.8, 4) is 0 Å². The molecule has 2 unspecified atom stereocenters. The number of alkyl halides is 1. The van der Waals surface area contributed by atoms with Crippen molar-refractivity contribution in [3.63, 3.8) is 0 Å². The Kier molecular flexibility index (Phi) is 4.49. The van der Waals surface area contributed by atoms with Crippen molar-refractivity contribution >= 4 is 17.4 Å². The minimum atomic E-state index is -0.318. The van der Waals surface area contributed by atoms with Gasteiger partial charge in [0.25, 0.3) is 0 Å². The fourth-order valence-corrected chi connectivity index (χ4v) is 3.11. The Labute approximate surface area is 126 Å². The Morgan fingerprint density at radius 1 is 1.35 bits per heavy atom. The second-order valence-electron chi connectivity index (χ2n) is 5.71. The van der Waals surface area contributed by atoms with E-state index in [2.05, 4.69) is 13.8 Å². The molecule has 20 heavy (non-hydrogen) atoms. The predicted molar refractivity (Wildman–Crippen MR) is 85.3 cm³/mol. The highest BCUT2D eigenvalue weighted by atomic mass is 35.5. The minimum absolute atomic E-state index is 0.0681. The van der Waals surface area contributed by atoms with Gasteiger partial charge in [-0.3, -0.25) is 4.79 Å². The second kappa shape index (κ2) is 5.97. The third kappa shape index (κ3) is 3.21. The molecule has 1 nitrogen and oxygen atoms in total. The van der Waals surface area contributed by atoms with Crippen molar-refractivity contribution in [3.05, 3.63) is 59.2 Å². The summed E-state index contributed by atoms with van der Waals surface area (Å²) in [5.41, 5.74) is 3.15. The largest absolute Gasteiger partial charge is 0.293 e. The minimum Gasteiger partial charge on any atom is -0.293 e. The van der Waals surface area contributed by atoms with Gasteiger partial charge in [0.05, 0.1) is 4.87 Å². The smallest absolute Gasteiger partial charge is 0.170 e. The number of hydrogen-bond donors (Lipinski definition) is 0. The van der Waals surface area contributed by atoms with Crippen molar-refractivity contribution in [1.29, 1.82) is 0 Å². The molecule has 1 aromatic rings. The molecule has 0 heterocycles. The van der Waals surface area contributed by atoms with Gasteiger partial charge in [0.2, 0.25) is 0 Å². The van der Waals surface area contributed by atoms with Crippen LogP contribution in [0.2, 0.25) is 0 Å². The number of rotatable bonds is 4. The molecule has 0 aliphatic heterocycles. The number of carbonyl (C=O) groups is 1. The average Bonchev–Trinajstić information content (AvgIpc) is 2.42. The van der Waals surface area contributed by atoms with Crippen LogP contribution in [0.3, 0.4) is 0 Å². The van der Waals surface area contributed by atoms with Gasteiger partial charge < -0.3 is 0 Å². The number of benzene rings is 1. The predicted octanol–water partition coefficient (Wildman–Crippen LogP) is 5.17. The SMILES string of the molecule is CCC(C(=O)c1ccccc1)C1=C(C)CC(C)(Cl)C=C1. The lowest BCUT2D eigenvalue weighted by molar-refractivity contribution is 0.0938. The van der Waals surface area contributed by atoms with Crippen molar-refractivity contribution in [2.45, 2.75) is 38.5 Å². The lowest BCUT2D eigenvalue weighted by atomic mass is 9.80. The molecule has 2 rings (SSSR count). The summed E-state index contributed by atoms with van der Waals surface area (Å²) >= 11 is 6.37. The van der Waals surface area contributed by atoms with E-state index in [0.29, 0.717) is 0 Å². The van der Waals surface area contributed by atoms with Gasteiger partial charge in [-0.25, -0.2) is 0 Å². The fourth-order valence-electron chi connectivity index (χ4n) is 2.85. The van der Waals surface area contributed by atoms with Gasteiger partial charge in [0.15, 0.2) is 5.78 Å². The Bertz CT molecular complexity index is 552. The molecule has 1 aromatic carbocycles. The maximum Gasteiger partial charge on any atom is 0.170 e. The van der Waals surface area contributed by atoms with Crippen LogP contribution in [0.15, 0.2) is 53.6 Å². The fraction of sp³-hybridized carbons (Fsp3) is 0.389. The molecule has 0 N–H and O–H groups in total. The van der Waals surface area contributed by atoms with Gasteiger partial charge in [-0.05, 0) is 32.3 Å². The molecule has 0 bridgehead atoms. The third-order valence-electron chi connectivity index (χ3n) is 3.87. The summed E-state index contributed by atoms with van der Waals surface area (Å²) in [4.78, 5) is 12.4. The van der Waals surface area contributed by atoms with Crippen LogP contribution in [0.5, 0.6) is 0 Å². The molecule has 2 atom stereocenters. The van der Waals surface area contributed by atoms with Gasteiger partial charge in [-0.1, -0.05) is 55.0 Å². The standard InChI is InChI=1S/C18H21ClO/c1-4-15(17(20)14-8-6-5-7-9-14)16-10-11-18(3,19)12-13(16)2/h5-11,15H,4,12H2,1-3H3. The van der Waals surface area contributed by atoms with Gasteiger partial charge in [-0.15, -0.1) is 11.6 Å². The van der Waals surface area contributed by atoms with Gasteiger partial charge >= 0.3 is 0 Å². The zero-order valence-electron chi connectivity index (χ0n) is 12.3. The van der Waals surface area contributed by atoms with E-state index in [-0.39, 0.29) is 16.6 Å². The first-order valence-electron chi connectivity index (χ1n) is 7.11. The van der Waals surface area contributed by atoms with Crippen molar-refractivity contribution < 1.29 is 4.79 Å². The molecule has 1 aliphatic rings. The zero-order chi connectivity index (χ0) is 14.8. The molecule has 0 fully saturated rings. The summed E-state index contributed by atoms with van der Waals surface area (Å²) in [5.74, 6) is 0.131. The van der Waals surface area contributed by atoms with Crippen LogP contribution >= 0.6 is 11.6 Å². The summed E-state index contributed by atoms with van der Waals surface area (Å²) < 4.78 is 0. The van der Waals surface area contributed by atoms with Crippen LogP contribution in [-0.2, 0) is 0 Å². The topological polar surface area (TPSA) is 17.1 Å². The maximum atomic E-state index is 12.7. The number of halogens is 1. The quantitative estimate of drug-likeness (QED) is 0.552. The normalized spacial score (nSPS) is 23.8. The first-order chi connectivity index (χ1) is 9.44. The van der Waals surface area contributed by atoms with Gasteiger partial charge in [0.1, 0.15) is 0 Å². The Morgan fingerprint density at radius 2 is 2.00 bits per heavy atom. The van der Waals surface area contributed by atoms with Crippen LogP contribution in [0, 0.1) is 5.92 Å². The summed E-state index contributed by atoms with van der Waals surface area (Å²) in [5, 5.41) is 0. The third-order valence-corrected chi connectivity index (χ3v) is 4.13. The summed E-state index contributed by atoms with van der Waals surface area (Å²) in [6.07, 6.45) is 5.67. The molecule has 1 aliphatic carbocycles. The van der Waals surface area contributed by atoms with E-state index in [0.717, 1.165) is 24.0 Å². The van der Waals surface area contributed by atoms with E-state index in [1.54, 1.807) is 0 Å². The zero-order valence-corrected chi connectivity index (χ0v) is 13.1. The molecular formula is C18H21ClO. The van der Waals surface area contributed by atoms with Gasteiger partial charge in [-0.2, -0.15) is 0 Å². The van der Waals surface area contributed by atoms with E-state index < -0.39 is 0 Å². The maximum absolute atomic E-state index is 12.7. The van der Waals surface area contributed by atoms with Crippen molar-refractivity contribution in [1.82, 2.24) is 0 Å². The molecule has 0 spiro atoms. The van der Waals surface area contributed by atoms with Crippen LogP contribution in [0.1, 0.15) is 44.0 Å². The first kappa shape index (κ1) is 15.1. The average molecular weight is 289 g/mol. The Balaban J connectivity index is 2.30. The van der Waals surface area contributed by atoms with E-state index >= 15 is 0 Å². The van der Waals surface area contributed by atoms with Crippen molar-refractivity contribution in [2.75, 3.05) is 0 Å². The van der Waals surface area contributed by atoms with Gasteiger partial charge in [0, 0.05) is 11.5 Å². The number of hydrogen-bond acceptors (Lipinski definition) is 1. The van der Waals surface area contributed by atoms with E-state index in [4.69, 9.17) is 11.6 Å². The highest BCUT2D eigenvalue weighted by Gasteiger charge is 2.28. The Morgan fingerprint density at radius 3 is 2.55 bits per heavy atom. The monoisotopic (exact) mass is 288 g/mol. The summed E-state index contributed by atoms with van der Waals surface area (Å²) in [6.45, 7) is 6.15. The molecule has 0 saturated carbocycles. The van der Waals surface area contributed by atoms with Crippen LogP contribution in [-0.4, -0.2) is 10.7 Å². The van der Waals surface area contributed by atoms with E-state index in [1.165, 1.54) is 5.57 Å². The molecule has 0 aromatic heterocycles. The number of carbonyl (C=O) groups excluding carboxylic acids is 1. The van der Waals surface area contributed by atoms with Crippen LogP contribution in [0.4, 0.5) is 0 Å². The Hall–Kier alpha value is -1.34. The number of Topliss-reactive ketones (excluding diaryl/α,β-unsaturated/α-hetero) is 1. The first-order valence-corrected chi connectivity index (χ1v) is 7.49. The molecule has 0 amide bonds. The molecule has 0 saturated heterocycles. The second-order valence-corrected chi connectivity index (χ2v) is 6.58. The highest BCUT2D eigenvalue weighted by Crippen LogP contribution is 2.36.